The zero-order valence-corrected chi connectivity index (χ0v) is 22.3. The number of nitrogens with one attached hydrogen (secondary N) is 1. The van der Waals surface area contributed by atoms with Crippen LogP contribution in [0.15, 0.2) is 54.9 Å². The van der Waals surface area contributed by atoms with Crippen LogP contribution in [-0.4, -0.2) is 60.2 Å². The van der Waals surface area contributed by atoms with E-state index in [1.165, 1.54) is 23.2 Å². The predicted molar refractivity (Wildman–Crippen MR) is 148 cm³/mol. The van der Waals surface area contributed by atoms with E-state index in [1.807, 2.05) is 6.07 Å². The van der Waals surface area contributed by atoms with Crippen molar-refractivity contribution in [1.82, 2.24) is 14.9 Å². The van der Waals surface area contributed by atoms with Gasteiger partial charge in [0.15, 0.2) is 11.6 Å². The van der Waals surface area contributed by atoms with E-state index in [4.69, 9.17) is 9.47 Å². The van der Waals surface area contributed by atoms with E-state index in [0.29, 0.717) is 30.2 Å². The van der Waals surface area contributed by atoms with Crippen molar-refractivity contribution in [2.24, 2.45) is 0 Å². The zero-order chi connectivity index (χ0) is 26.5. The molecule has 0 aliphatic carbocycles. The smallest absolute Gasteiger partial charge is 0.257 e. The van der Waals surface area contributed by atoms with Gasteiger partial charge in [0.2, 0.25) is 0 Å². The summed E-state index contributed by atoms with van der Waals surface area (Å²) in [4.78, 5) is 27.2. The molecule has 38 heavy (non-hydrogen) atoms. The molecule has 3 aromatic heterocycles. The molecule has 0 saturated carbocycles. The summed E-state index contributed by atoms with van der Waals surface area (Å²) >= 11 is 1.60. The number of thiophene rings is 1. The largest absolute Gasteiger partial charge is 0.453 e. The van der Waals surface area contributed by atoms with Crippen LogP contribution in [0.3, 0.4) is 0 Å². The fourth-order valence-electron chi connectivity index (χ4n) is 4.27. The summed E-state index contributed by atoms with van der Waals surface area (Å²) in [5, 5.41) is 2.73. The lowest BCUT2D eigenvalue weighted by atomic mass is 10.2. The Balaban J connectivity index is 1.26. The minimum Gasteiger partial charge on any atom is -0.453 e. The van der Waals surface area contributed by atoms with Gasteiger partial charge >= 0.3 is 0 Å². The van der Waals surface area contributed by atoms with E-state index in [2.05, 4.69) is 45.0 Å². The number of halogens is 1. The number of morpholine rings is 1. The number of aromatic nitrogens is 2. The summed E-state index contributed by atoms with van der Waals surface area (Å²) in [5.41, 5.74) is 1.54. The van der Waals surface area contributed by atoms with Crippen molar-refractivity contribution < 1.29 is 18.7 Å². The van der Waals surface area contributed by atoms with Crippen molar-refractivity contribution in [3.63, 3.8) is 0 Å². The van der Waals surface area contributed by atoms with Crippen LogP contribution in [-0.2, 0) is 11.3 Å². The molecule has 1 saturated heterocycles. The molecule has 1 aliphatic rings. The number of fused-ring (bicyclic) bond motifs is 1. The number of anilines is 2. The van der Waals surface area contributed by atoms with Crippen LogP contribution < -0.4 is 15.0 Å². The number of carbonyl (C=O) groups excluding carboxylic acids is 1. The van der Waals surface area contributed by atoms with E-state index in [0.717, 1.165) is 48.8 Å². The van der Waals surface area contributed by atoms with Gasteiger partial charge in [0.1, 0.15) is 11.6 Å². The summed E-state index contributed by atoms with van der Waals surface area (Å²) < 4.78 is 27.2. The SMILES string of the molecule is CCN(CC)Cc1cc2nccc(Oc3ccc(NC(=O)c4ccc(N5CCOCC5)nc4)cc3F)c2s1. The van der Waals surface area contributed by atoms with Crippen molar-refractivity contribution in [1.29, 1.82) is 0 Å². The van der Waals surface area contributed by atoms with E-state index < -0.39 is 5.82 Å². The first-order chi connectivity index (χ1) is 18.5. The second-order valence-electron chi connectivity index (χ2n) is 8.90. The average molecular weight is 536 g/mol. The maximum absolute atomic E-state index is 15.0. The molecule has 4 heterocycles. The number of hydrogen-bond donors (Lipinski definition) is 1. The lowest BCUT2D eigenvalue weighted by Gasteiger charge is -2.27. The summed E-state index contributed by atoms with van der Waals surface area (Å²) in [7, 11) is 0. The highest BCUT2D eigenvalue weighted by Gasteiger charge is 2.16. The fourth-order valence-corrected chi connectivity index (χ4v) is 5.38. The number of amides is 1. The van der Waals surface area contributed by atoms with Crippen LogP contribution >= 0.6 is 11.3 Å². The van der Waals surface area contributed by atoms with Crippen LogP contribution in [0.1, 0.15) is 29.1 Å². The van der Waals surface area contributed by atoms with Gasteiger partial charge in [-0.3, -0.25) is 14.7 Å². The van der Waals surface area contributed by atoms with Crippen LogP contribution in [0.25, 0.3) is 10.2 Å². The Morgan fingerprint density at radius 2 is 1.92 bits per heavy atom. The second-order valence-corrected chi connectivity index (χ2v) is 10.0. The van der Waals surface area contributed by atoms with Crippen molar-refractivity contribution in [2.45, 2.75) is 20.4 Å². The molecule has 0 spiro atoms. The Kier molecular flexibility index (Phi) is 8.11. The topological polar surface area (TPSA) is 79.8 Å². The molecule has 5 rings (SSSR count). The molecule has 1 amide bonds. The molecule has 0 unspecified atom stereocenters. The van der Waals surface area contributed by atoms with Crippen LogP contribution in [0.2, 0.25) is 0 Å². The highest BCUT2D eigenvalue weighted by Crippen LogP contribution is 2.36. The molecule has 198 valence electrons. The third kappa shape index (κ3) is 5.93. The average Bonchev–Trinajstić information content (AvgIpc) is 3.37. The predicted octanol–water partition coefficient (Wildman–Crippen LogP) is 5.55. The Morgan fingerprint density at radius 1 is 1.11 bits per heavy atom. The van der Waals surface area contributed by atoms with Crippen molar-refractivity contribution >= 4 is 39.0 Å². The molecular weight excluding hydrogens is 505 g/mol. The number of rotatable bonds is 9. The Morgan fingerprint density at radius 3 is 2.63 bits per heavy atom. The minimum atomic E-state index is -0.575. The van der Waals surface area contributed by atoms with Gasteiger partial charge in [0.25, 0.3) is 5.91 Å². The van der Waals surface area contributed by atoms with Crippen molar-refractivity contribution in [2.75, 3.05) is 49.6 Å². The Labute approximate surface area is 225 Å². The van der Waals surface area contributed by atoms with Gasteiger partial charge in [-0.2, -0.15) is 0 Å². The highest BCUT2D eigenvalue weighted by atomic mass is 32.1. The van der Waals surface area contributed by atoms with Gasteiger partial charge in [-0.05, 0) is 43.4 Å². The quantitative estimate of drug-likeness (QED) is 0.301. The molecule has 8 nitrogen and oxygen atoms in total. The molecule has 4 aromatic rings. The molecule has 1 fully saturated rings. The van der Waals surface area contributed by atoms with Gasteiger partial charge in [0, 0.05) is 54.7 Å². The summed E-state index contributed by atoms with van der Waals surface area (Å²) in [6.07, 6.45) is 3.19. The summed E-state index contributed by atoms with van der Waals surface area (Å²) in [6, 6.07) is 11.7. The number of pyridine rings is 2. The molecule has 0 radical (unpaired) electrons. The van der Waals surface area contributed by atoms with E-state index in [1.54, 1.807) is 35.7 Å². The van der Waals surface area contributed by atoms with E-state index >= 15 is 0 Å². The molecule has 10 heteroatoms. The summed E-state index contributed by atoms with van der Waals surface area (Å²) in [5.74, 6) is 0.481. The van der Waals surface area contributed by atoms with Gasteiger partial charge < -0.3 is 19.7 Å². The second kappa shape index (κ2) is 11.8. The summed E-state index contributed by atoms with van der Waals surface area (Å²) in [6.45, 7) is 9.88. The Hall–Kier alpha value is -3.60. The number of ether oxygens (including phenoxy) is 2. The molecule has 1 N–H and O–H groups in total. The lowest BCUT2D eigenvalue weighted by Crippen LogP contribution is -2.36. The normalized spacial score (nSPS) is 13.7. The first kappa shape index (κ1) is 26.0. The van der Waals surface area contributed by atoms with Gasteiger partial charge in [-0.15, -0.1) is 11.3 Å². The maximum atomic E-state index is 15.0. The Bertz CT molecular complexity index is 1400. The van der Waals surface area contributed by atoms with E-state index in [-0.39, 0.29) is 11.7 Å². The third-order valence-electron chi connectivity index (χ3n) is 6.46. The minimum absolute atomic E-state index is 0.0747. The lowest BCUT2D eigenvalue weighted by molar-refractivity contribution is 0.102. The maximum Gasteiger partial charge on any atom is 0.257 e. The van der Waals surface area contributed by atoms with Crippen molar-refractivity contribution in [3.8, 4) is 11.5 Å². The van der Waals surface area contributed by atoms with Crippen LogP contribution in [0.4, 0.5) is 15.9 Å². The van der Waals surface area contributed by atoms with Crippen LogP contribution in [0.5, 0.6) is 11.5 Å². The third-order valence-corrected chi connectivity index (χ3v) is 7.58. The van der Waals surface area contributed by atoms with Gasteiger partial charge in [-0.25, -0.2) is 9.37 Å². The fraction of sp³-hybridized carbons (Fsp3) is 0.321. The molecule has 1 aromatic carbocycles. The molecule has 1 aliphatic heterocycles. The first-order valence-corrected chi connectivity index (χ1v) is 13.5. The highest BCUT2D eigenvalue weighted by molar-refractivity contribution is 7.19. The molecular formula is C28H30FN5O3S. The number of benzene rings is 1. The van der Waals surface area contributed by atoms with Gasteiger partial charge in [0.05, 0.1) is 29.0 Å². The number of nitrogens with zero attached hydrogens (tertiary/aromatic N) is 4. The molecule has 0 atom stereocenters. The van der Waals surface area contributed by atoms with Gasteiger partial charge in [-0.1, -0.05) is 13.8 Å². The number of hydrogen-bond acceptors (Lipinski definition) is 8. The standard InChI is InChI=1S/C28H30FN5O3S/c1-3-33(4-2)18-21-16-23-27(38-21)25(9-10-30-23)37-24-7-6-20(15-22(24)29)32-28(35)19-5-8-26(31-17-19)34-11-13-36-14-12-34/h5-10,15-17H,3-4,11-14,18H2,1-2H3,(H,32,35). The zero-order valence-electron chi connectivity index (χ0n) is 21.4. The first-order valence-electron chi connectivity index (χ1n) is 12.7. The monoisotopic (exact) mass is 535 g/mol. The molecule has 0 bridgehead atoms. The number of carbonyl (C=O) groups is 1. The van der Waals surface area contributed by atoms with E-state index in [9.17, 15) is 9.18 Å². The van der Waals surface area contributed by atoms with Crippen LogP contribution in [0, 0.1) is 5.82 Å². The van der Waals surface area contributed by atoms with Crippen molar-refractivity contribution in [3.05, 3.63) is 71.1 Å².